The van der Waals surface area contributed by atoms with Crippen molar-refractivity contribution in [2.45, 2.75) is 32.3 Å². The summed E-state index contributed by atoms with van der Waals surface area (Å²) in [7, 11) is 0. The van der Waals surface area contributed by atoms with Gasteiger partial charge in [0.05, 0.1) is 0 Å². The molecule has 0 saturated heterocycles. The zero-order valence-electron chi connectivity index (χ0n) is 9.31. The van der Waals surface area contributed by atoms with Crippen molar-refractivity contribution in [3.63, 3.8) is 0 Å². The Morgan fingerprint density at radius 1 is 1.40 bits per heavy atom. The molecular formula is C13H18O2. The SMILES string of the molecule is C=C(C)[C@H](C[C@H](C)c1ccccc1)OO. The molecular weight excluding hydrogens is 188 g/mol. The lowest BCUT2D eigenvalue weighted by Gasteiger charge is -2.18. The van der Waals surface area contributed by atoms with Crippen LogP contribution in [0.2, 0.25) is 0 Å². The van der Waals surface area contributed by atoms with Gasteiger partial charge in [0, 0.05) is 0 Å². The summed E-state index contributed by atoms with van der Waals surface area (Å²) in [4.78, 5) is 4.40. The molecule has 15 heavy (non-hydrogen) atoms. The molecule has 0 heterocycles. The molecule has 0 spiro atoms. The maximum atomic E-state index is 8.73. The van der Waals surface area contributed by atoms with Crippen LogP contribution in [0.1, 0.15) is 31.7 Å². The summed E-state index contributed by atoms with van der Waals surface area (Å²) in [6, 6.07) is 10.2. The van der Waals surface area contributed by atoms with Gasteiger partial charge in [-0.05, 0) is 30.4 Å². The number of benzene rings is 1. The summed E-state index contributed by atoms with van der Waals surface area (Å²) in [5.74, 6) is 0.347. The van der Waals surface area contributed by atoms with E-state index in [2.05, 4.69) is 30.5 Å². The monoisotopic (exact) mass is 206 g/mol. The lowest BCUT2D eigenvalue weighted by molar-refractivity contribution is -0.270. The summed E-state index contributed by atoms with van der Waals surface area (Å²) in [6.45, 7) is 7.76. The second-order valence-electron chi connectivity index (χ2n) is 3.99. The first-order chi connectivity index (χ1) is 7.15. The lowest BCUT2D eigenvalue weighted by Crippen LogP contribution is -2.15. The quantitative estimate of drug-likeness (QED) is 0.453. The van der Waals surface area contributed by atoms with Crippen LogP contribution in [0.25, 0.3) is 0 Å². The molecule has 0 aliphatic heterocycles. The second-order valence-corrected chi connectivity index (χ2v) is 3.99. The van der Waals surface area contributed by atoms with Gasteiger partial charge in [-0.25, -0.2) is 4.89 Å². The normalized spacial score (nSPS) is 14.6. The standard InChI is InChI=1S/C13H18O2/c1-10(2)13(15-14)9-11(3)12-7-5-4-6-8-12/h4-8,11,13-14H,1,9H2,2-3H3/t11-,13-/m0/s1. The van der Waals surface area contributed by atoms with E-state index in [1.165, 1.54) is 5.56 Å². The van der Waals surface area contributed by atoms with Crippen molar-refractivity contribution in [3.05, 3.63) is 48.0 Å². The van der Waals surface area contributed by atoms with E-state index < -0.39 is 0 Å². The Bertz CT molecular complexity index is 306. The van der Waals surface area contributed by atoms with Crippen molar-refractivity contribution in [1.82, 2.24) is 0 Å². The van der Waals surface area contributed by atoms with Crippen LogP contribution >= 0.6 is 0 Å². The third-order valence-corrected chi connectivity index (χ3v) is 2.61. The molecule has 0 saturated carbocycles. The summed E-state index contributed by atoms with van der Waals surface area (Å²) < 4.78 is 0. The van der Waals surface area contributed by atoms with Gasteiger partial charge >= 0.3 is 0 Å². The van der Waals surface area contributed by atoms with Gasteiger partial charge < -0.3 is 0 Å². The Kier molecular flexibility index (Phi) is 4.53. The molecule has 1 aromatic rings. The first-order valence-corrected chi connectivity index (χ1v) is 5.15. The van der Waals surface area contributed by atoms with Crippen LogP contribution in [-0.2, 0) is 4.89 Å². The molecule has 2 nitrogen and oxygen atoms in total. The van der Waals surface area contributed by atoms with Gasteiger partial charge in [0.2, 0.25) is 0 Å². The molecule has 82 valence electrons. The molecule has 1 rings (SSSR count). The van der Waals surface area contributed by atoms with Crippen molar-refractivity contribution >= 4 is 0 Å². The molecule has 0 aromatic heterocycles. The lowest BCUT2D eigenvalue weighted by atomic mass is 9.93. The predicted molar refractivity (Wildman–Crippen MR) is 61.8 cm³/mol. The highest BCUT2D eigenvalue weighted by Crippen LogP contribution is 2.23. The first-order valence-electron chi connectivity index (χ1n) is 5.15. The highest BCUT2D eigenvalue weighted by Gasteiger charge is 2.15. The molecule has 0 fully saturated rings. The van der Waals surface area contributed by atoms with Crippen molar-refractivity contribution in [3.8, 4) is 0 Å². The smallest absolute Gasteiger partial charge is 0.114 e. The third-order valence-electron chi connectivity index (χ3n) is 2.61. The minimum absolute atomic E-state index is 0.278. The van der Waals surface area contributed by atoms with Crippen LogP contribution in [0.5, 0.6) is 0 Å². The van der Waals surface area contributed by atoms with Gasteiger partial charge in [0.15, 0.2) is 0 Å². The van der Waals surface area contributed by atoms with Crippen molar-refractivity contribution in [1.29, 1.82) is 0 Å². The molecule has 0 aliphatic rings. The van der Waals surface area contributed by atoms with Gasteiger partial charge in [0.1, 0.15) is 6.10 Å². The van der Waals surface area contributed by atoms with Crippen LogP contribution in [0.3, 0.4) is 0 Å². The second kappa shape index (κ2) is 5.69. The maximum absolute atomic E-state index is 8.73. The summed E-state index contributed by atoms with van der Waals surface area (Å²) in [5.41, 5.74) is 2.10. The predicted octanol–water partition coefficient (Wildman–Crippen LogP) is 3.61. The van der Waals surface area contributed by atoms with Gasteiger partial charge in [-0.2, -0.15) is 0 Å². The van der Waals surface area contributed by atoms with Crippen molar-refractivity contribution in [2.24, 2.45) is 0 Å². The van der Waals surface area contributed by atoms with Crippen LogP contribution < -0.4 is 0 Å². The van der Waals surface area contributed by atoms with Gasteiger partial charge in [-0.1, -0.05) is 43.8 Å². The Morgan fingerprint density at radius 3 is 2.47 bits per heavy atom. The fourth-order valence-corrected chi connectivity index (χ4v) is 1.57. The molecule has 2 atom stereocenters. The third kappa shape index (κ3) is 3.50. The molecule has 0 unspecified atom stereocenters. The zero-order valence-corrected chi connectivity index (χ0v) is 9.31. The first kappa shape index (κ1) is 12.0. The Balaban J connectivity index is 2.62. The maximum Gasteiger partial charge on any atom is 0.114 e. The summed E-state index contributed by atoms with van der Waals surface area (Å²) in [5, 5.41) is 8.73. The van der Waals surface area contributed by atoms with E-state index in [1.807, 2.05) is 25.1 Å². The van der Waals surface area contributed by atoms with E-state index in [4.69, 9.17) is 5.26 Å². The fourth-order valence-electron chi connectivity index (χ4n) is 1.57. The van der Waals surface area contributed by atoms with E-state index >= 15 is 0 Å². The van der Waals surface area contributed by atoms with Gasteiger partial charge in [-0.15, -0.1) is 0 Å². The molecule has 0 aliphatic carbocycles. The zero-order chi connectivity index (χ0) is 11.3. The highest BCUT2D eigenvalue weighted by atomic mass is 17.1. The minimum Gasteiger partial charge on any atom is -0.251 e. The molecule has 1 aromatic carbocycles. The molecule has 0 radical (unpaired) electrons. The number of rotatable bonds is 5. The molecule has 0 bridgehead atoms. The average molecular weight is 206 g/mol. The van der Waals surface area contributed by atoms with Crippen LogP contribution in [-0.4, -0.2) is 11.4 Å². The average Bonchev–Trinajstić information content (AvgIpc) is 2.26. The van der Waals surface area contributed by atoms with Gasteiger partial charge in [0.25, 0.3) is 0 Å². The Labute approximate surface area is 91.1 Å². The number of hydrogen-bond donors (Lipinski definition) is 1. The van der Waals surface area contributed by atoms with E-state index in [1.54, 1.807) is 0 Å². The minimum atomic E-state index is -0.278. The van der Waals surface area contributed by atoms with Crippen molar-refractivity contribution < 1.29 is 10.1 Å². The van der Waals surface area contributed by atoms with E-state index in [9.17, 15) is 0 Å². The van der Waals surface area contributed by atoms with Gasteiger partial charge in [-0.3, -0.25) is 5.26 Å². The van der Waals surface area contributed by atoms with Crippen molar-refractivity contribution in [2.75, 3.05) is 0 Å². The van der Waals surface area contributed by atoms with E-state index in [-0.39, 0.29) is 6.10 Å². The van der Waals surface area contributed by atoms with Crippen LogP contribution in [0.15, 0.2) is 42.5 Å². The Morgan fingerprint density at radius 2 is 2.00 bits per heavy atom. The summed E-state index contributed by atoms with van der Waals surface area (Å²) in [6.07, 6.45) is 0.468. The molecule has 0 amide bonds. The topological polar surface area (TPSA) is 29.5 Å². The summed E-state index contributed by atoms with van der Waals surface area (Å²) >= 11 is 0. The number of hydrogen-bond acceptors (Lipinski definition) is 2. The van der Waals surface area contributed by atoms with Crippen LogP contribution in [0, 0.1) is 0 Å². The Hall–Kier alpha value is -1.12. The molecule has 2 heteroatoms. The fraction of sp³-hybridized carbons (Fsp3) is 0.385. The van der Waals surface area contributed by atoms with Crippen LogP contribution in [0.4, 0.5) is 0 Å². The molecule has 1 N–H and O–H groups in total. The highest BCUT2D eigenvalue weighted by molar-refractivity contribution is 5.19. The van der Waals surface area contributed by atoms with E-state index in [0.717, 1.165) is 12.0 Å². The largest absolute Gasteiger partial charge is 0.251 e. The van der Waals surface area contributed by atoms with E-state index in [0.29, 0.717) is 5.92 Å².